The number of nitrogens with zero attached hydrogens (tertiary/aromatic N) is 1. The van der Waals surface area contributed by atoms with Gasteiger partial charge in [0.05, 0.1) is 4.90 Å². The van der Waals surface area contributed by atoms with E-state index in [2.05, 4.69) is 10.6 Å². The molecule has 1 unspecified atom stereocenters. The summed E-state index contributed by atoms with van der Waals surface area (Å²) >= 11 is -1.59. The van der Waals surface area contributed by atoms with Crippen LogP contribution in [-0.4, -0.2) is 9.37 Å². The second-order valence-corrected chi connectivity index (χ2v) is 4.97. The van der Waals surface area contributed by atoms with Gasteiger partial charge in [0.2, 0.25) is 11.1 Å². The molecule has 0 amide bonds. The lowest BCUT2D eigenvalue weighted by Gasteiger charge is -2.05. The summed E-state index contributed by atoms with van der Waals surface area (Å²) in [5.41, 5.74) is 4.29. The Kier molecular flexibility index (Phi) is 3.78. The molecule has 1 heterocycles. The first-order valence-corrected chi connectivity index (χ1v) is 6.50. The zero-order chi connectivity index (χ0) is 13.1. The number of rotatable bonds is 4. The zero-order valence-electron chi connectivity index (χ0n) is 10.4. The fourth-order valence-corrected chi connectivity index (χ4v) is 2.14. The number of aromatic nitrogens is 1. The van der Waals surface area contributed by atoms with Crippen LogP contribution in [0.5, 0.6) is 0 Å². The van der Waals surface area contributed by atoms with Crippen molar-refractivity contribution in [2.45, 2.75) is 25.7 Å². The van der Waals surface area contributed by atoms with E-state index in [1.165, 1.54) is 0 Å². The Bertz CT molecular complexity index is 580. The Morgan fingerprint density at radius 3 is 2.61 bits per heavy atom. The number of benzene rings is 1. The summed E-state index contributed by atoms with van der Waals surface area (Å²) in [5, 5.41) is 3.76. The average molecular weight is 266 g/mol. The minimum absolute atomic E-state index is 0.439. The van der Waals surface area contributed by atoms with Crippen molar-refractivity contribution < 1.29 is 13.0 Å². The molecule has 0 aliphatic carbocycles. The summed E-state index contributed by atoms with van der Waals surface area (Å²) in [5.74, 6) is 1.14. The van der Waals surface area contributed by atoms with Crippen LogP contribution in [0.25, 0.3) is 0 Å². The van der Waals surface area contributed by atoms with E-state index < -0.39 is 11.1 Å². The third-order valence-electron chi connectivity index (χ3n) is 2.64. The standard InChI is InChI=1S/C12H14N2O3S/c1-8-6-4-5-7-11(8)18(15)17-14-12-9(2)10(3)16-13-12/h4-7H,1-3H3,(H,13,14). The fraction of sp³-hybridized carbons (Fsp3) is 0.250. The summed E-state index contributed by atoms with van der Waals surface area (Å²) in [6.07, 6.45) is 0. The van der Waals surface area contributed by atoms with Gasteiger partial charge in [-0.2, -0.15) is 4.28 Å². The molecule has 0 saturated heterocycles. The minimum Gasteiger partial charge on any atom is -0.359 e. The van der Waals surface area contributed by atoms with Crippen molar-refractivity contribution in [1.29, 1.82) is 0 Å². The Hall–Kier alpha value is -1.66. The van der Waals surface area contributed by atoms with Gasteiger partial charge in [-0.05, 0) is 32.4 Å². The highest BCUT2D eigenvalue weighted by molar-refractivity contribution is 7.80. The highest BCUT2D eigenvalue weighted by Gasteiger charge is 2.11. The summed E-state index contributed by atoms with van der Waals surface area (Å²) in [7, 11) is 0. The third-order valence-corrected chi connectivity index (χ3v) is 3.70. The predicted molar refractivity (Wildman–Crippen MR) is 68.3 cm³/mol. The van der Waals surface area contributed by atoms with E-state index in [4.69, 9.17) is 8.81 Å². The van der Waals surface area contributed by atoms with Gasteiger partial charge in [0.15, 0.2) is 5.82 Å². The van der Waals surface area contributed by atoms with Gasteiger partial charge < -0.3 is 4.52 Å². The highest BCUT2D eigenvalue weighted by Crippen LogP contribution is 2.18. The lowest BCUT2D eigenvalue weighted by atomic mass is 10.2. The van der Waals surface area contributed by atoms with Crippen molar-refractivity contribution in [1.82, 2.24) is 5.16 Å². The number of anilines is 1. The molecular formula is C12H14N2O3S. The first kappa shape index (κ1) is 12.8. The maximum absolute atomic E-state index is 11.9. The molecule has 1 atom stereocenters. The van der Waals surface area contributed by atoms with Gasteiger partial charge in [-0.3, -0.25) is 0 Å². The molecule has 0 bridgehead atoms. The van der Waals surface area contributed by atoms with E-state index in [0.717, 1.165) is 11.1 Å². The molecule has 1 aromatic heterocycles. The summed E-state index contributed by atoms with van der Waals surface area (Å²) < 4.78 is 22.0. The van der Waals surface area contributed by atoms with Gasteiger partial charge in [-0.15, -0.1) is 0 Å². The molecular weight excluding hydrogens is 252 g/mol. The van der Waals surface area contributed by atoms with Gasteiger partial charge >= 0.3 is 0 Å². The van der Waals surface area contributed by atoms with Crippen molar-refractivity contribution in [3.8, 4) is 0 Å². The molecule has 6 heteroatoms. The van der Waals surface area contributed by atoms with Crippen LogP contribution >= 0.6 is 0 Å². The molecule has 0 aliphatic rings. The zero-order valence-corrected chi connectivity index (χ0v) is 11.2. The molecule has 0 saturated carbocycles. The number of hydrogen-bond acceptors (Lipinski definition) is 5. The first-order chi connectivity index (χ1) is 8.59. The molecule has 5 nitrogen and oxygen atoms in total. The maximum atomic E-state index is 11.9. The van der Waals surface area contributed by atoms with Gasteiger partial charge in [-0.1, -0.05) is 23.4 Å². The first-order valence-electron chi connectivity index (χ1n) is 5.43. The Morgan fingerprint density at radius 1 is 1.28 bits per heavy atom. The molecule has 0 fully saturated rings. The van der Waals surface area contributed by atoms with Crippen molar-refractivity contribution in [3.05, 3.63) is 41.2 Å². The van der Waals surface area contributed by atoms with Crippen molar-refractivity contribution in [3.63, 3.8) is 0 Å². The third kappa shape index (κ3) is 2.60. The topological polar surface area (TPSA) is 64.4 Å². The molecule has 0 aliphatic heterocycles. The largest absolute Gasteiger partial charge is 0.359 e. The molecule has 18 heavy (non-hydrogen) atoms. The quantitative estimate of drug-likeness (QED) is 0.862. The van der Waals surface area contributed by atoms with Crippen molar-refractivity contribution in [2.75, 3.05) is 5.48 Å². The minimum atomic E-state index is -1.59. The van der Waals surface area contributed by atoms with Crippen molar-refractivity contribution in [2.24, 2.45) is 0 Å². The SMILES string of the molecule is Cc1ccccc1S(=O)ONc1noc(C)c1C. The summed E-state index contributed by atoms with van der Waals surface area (Å²) in [6, 6.07) is 7.33. The molecule has 2 aromatic rings. The Morgan fingerprint density at radius 2 is 2.00 bits per heavy atom. The molecule has 1 N–H and O–H groups in total. The Labute approximate surface area is 108 Å². The molecule has 0 spiro atoms. The summed E-state index contributed by atoms with van der Waals surface area (Å²) in [6.45, 7) is 5.52. The van der Waals surface area contributed by atoms with Gasteiger partial charge in [0, 0.05) is 5.56 Å². The fourth-order valence-electron chi connectivity index (χ4n) is 1.38. The van der Waals surface area contributed by atoms with Crippen LogP contribution in [0, 0.1) is 20.8 Å². The van der Waals surface area contributed by atoms with E-state index in [-0.39, 0.29) is 0 Å². The lowest BCUT2D eigenvalue weighted by Crippen LogP contribution is -2.07. The predicted octanol–water partition coefficient (Wildman–Crippen LogP) is 2.67. The van der Waals surface area contributed by atoms with Crippen LogP contribution in [0.15, 0.2) is 33.7 Å². The van der Waals surface area contributed by atoms with E-state index >= 15 is 0 Å². The summed E-state index contributed by atoms with van der Waals surface area (Å²) in [4.78, 5) is 0.628. The van der Waals surface area contributed by atoms with Crippen LogP contribution in [0.4, 0.5) is 5.82 Å². The van der Waals surface area contributed by atoms with E-state index in [1.807, 2.05) is 32.0 Å². The smallest absolute Gasteiger partial charge is 0.212 e. The molecule has 2 rings (SSSR count). The number of nitrogens with one attached hydrogen (secondary N) is 1. The lowest BCUT2D eigenvalue weighted by molar-refractivity contribution is 0.383. The molecule has 0 radical (unpaired) electrons. The van der Waals surface area contributed by atoms with Gasteiger partial charge in [0.25, 0.3) is 0 Å². The van der Waals surface area contributed by atoms with E-state index in [0.29, 0.717) is 16.5 Å². The Balaban J connectivity index is 2.05. The van der Waals surface area contributed by atoms with Crippen LogP contribution < -0.4 is 5.48 Å². The highest BCUT2D eigenvalue weighted by atomic mass is 32.2. The maximum Gasteiger partial charge on any atom is 0.212 e. The average Bonchev–Trinajstić information content (AvgIpc) is 2.68. The van der Waals surface area contributed by atoms with E-state index in [1.54, 1.807) is 13.0 Å². The van der Waals surface area contributed by atoms with E-state index in [9.17, 15) is 4.21 Å². The van der Waals surface area contributed by atoms with Crippen LogP contribution in [0.2, 0.25) is 0 Å². The monoisotopic (exact) mass is 266 g/mol. The molecule has 96 valence electrons. The van der Waals surface area contributed by atoms with Crippen LogP contribution in [-0.2, 0) is 15.4 Å². The number of aryl methyl sites for hydroxylation is 2. The number of hydrogen-bond donors (Lipinski definition) is 1. The van der Waals surface area contributed by atoms with Gasteiger partial charge in [0.1, 0.15) is 5.76 Å². The second-order valence-electron chi connectivity index (χ2n) is 3.90. The van der Waals surface area contributed by atoms with Gasteiger partial charge in [-0.25, -0.2) is 9.69 Å². The second kappa shape index (κ2) is 5.32. The van der Waals surface area contributed by atoms with Crippen molar-refractivity contribution >= 4 is 16.9 Å². The van der Waals surface area contributed by atoms with Crippen LogP contribution in [0.3, 0.4) is 0 Å². The normalized spacial score (nSPS) is 12.4. The van der Waals surface area contributed by atoms with Crippen LogP contribution in [0.1, 0.15) is 16.9 Å². The molecule has 1 aromatic carbocycles.